The molecule has 0 saturated carbocycles. The summed E-state index contributed by atoms with van der Waals surface area (Å²) in [6.07, 6.45) is 0. The van der Waals surface area contributed by atoms with Crippen molar-refractivity contribution in [2.24, 2.45) is 0 Å². The van der Waals surface area contributed by atoms with Crippen LogP contribution in [0.4, 0.5) is 0 Å². The quantitative estimate of drug-likeness (QED) is 0.721. The molecular formula is C12H12O2. The van der Waals surface area contributed by atoms with Gasteiger partial charge in [-0.2, -0.15) is 0 Å². The molecule has 2 rings (SSSR count). The number of fused-ring (bicyclic) bond motifs is 1. The summed E-state index contributed by atoms with van der Waals surface area (Å²) in [7, 11) is 3.32. The van der Waals surface area contributed by atoms with Crippen LogP contribution in [-0.2, 0) is 0 Å². The Balaban J connectivity index is 2.73. The Hall–Kier alpha value is -1.70. The van der Waals surface area contributed by atoms with Gasteiger partial charge in [-0.1, -0.05) is 24.3 Å². The Kier molecular flexibility index (Phi) is 2.27. The molecule has 0 heterocycles. The molecule has 0 N–H and O–H groups in total. The first kappa shape index (κ1) is 8.88. The van der Waals surface area contributed by atoms with E-state index in [4.69, 9.17) is 9.47 Å². The van der Waals surface area contributed by atoms with Gasteiger partial charge in [0.05, 0.1) is 14.2 Å². The van der Waals surface area contributed by atoms with E-state index in [-0.39, 0.29) is 0 Å². The molecule has 0 atom stereocenters. The number of hydrogen-bond donors (Lipinski definition) is 0. The van der Waals surface area contributed by atoms with Gasteiger partial charge in [-0.25, -0.2) is 0 Å². The molecule has 2 nitrogen and oxygen atoms in total. The second-order valence-corrected chi connectivity index (χ2v) is 3.05. The predicted molar refractivity (Wildman–Crippen MR) is 57.1 cm³/mol. The molecule has 0 fully saturated rings. The van der Waals surface area contributed by atoms with Crippen molar-refractivity contribution in [1.29, 1.82) is 0 Å². The molecule has 2 heteroatoms. The second kappa shape index (κ2) is 3.58. The van der Waals surface area contributed by atoms with E-state index in [0.717, 1.165) is 22.3 Å². The van der Waals surface area contributed by atoms with Crippen molar-refractivity contribution >= 4 is 10.8 Å². The first-order valence-electron chi connectivity index (χ1n) is 4.46. The molecule has 72 valence electrons. The summed E-state index contributed by atoms with van der Waals surface area (Å²) in [5.41, 5.74) is 0. The monoisotopic (exact) mass is 188 g/mol. The molecule has 0 amide bonds. The lowest BCUT2D eigenvalue weighted by Gasteiger charge is -2.07. The van der Waals surface area contributed by atoms with Crippen molar-refractivity contribution in [1.82, 2.24) is 0 Å². The van der Waals surface area contributed by atoms with Gasteiger partial charge in [-0.05, 0) is 11.5 Å². The Morgan fingerprint density at radius 1 is 0.929 bits per heavy atom. The van der Waals surface area contributed by atoms with Crippen molar-refractivity contribution in [3.63, 3.8) is 0 Å². The number of rotatable bonds is 2. The SMILES string of the molecule is COc1cc(OC)c2ccccc2c1. The first-order valence-corrected chi connectivity index (χ1v) is 4.46. The minimum Gasteiger partial charge on any atom is -0.497 e. The fourth-order valence-electron chi connectivity index (χ4n) is 1.54. The molecule has 0 saturated heterocycles. The third-order valence-electron chi connectivity index (χ3n) is 2.25. The Morgan fingerprint density at radius 3 is 2.43 bits per heavy atom. The van der Waals surface area contributed by atoms with Crippen LogP contribution in [0.3, 0.4) is 0 Å². The van der Waals surface area contributed by atoms with E-state index in [1.54, 1.807) is 14.2 Å². The van der Waals surface area contributed by atoms with Gasteiger partial charge in [0.25, 0.3) is 0 Å². The van der Waals surface area contributed by atoms with Crippen LogP contribution < -0.4 is 9.47 Å². The van der Waals surface area contributed by atoms with Crippen molar-refractivity contribution in [3.05, 3.63) is 36.4 Å². The molecule has 0 radical (unpaired) electrons. The van der Waals surface area contributed by atoms with Crippen molar-refractivity contribution in [2.45, 2.75) is 0 Å². The number of benzene rings is 2. The number of ether oxygens (including phenoxy) is 2. The van der Waals surface area contributed by atoms with E-state index in [1.807, 2.05) is 36.4 Å². The number of methoxy groups -OCH3 is 2. The highest BCUT2D eigenvalue weighted by atomic mass is 16.5. The summed E-state index contributed by atoms with van der Waals surface area (Å²) >= 11 is 0. The normalized spacial score (nSPS) is 10.1. The highest BCUT2D eigenvalue weighted by molar-refractivity contribution is 5.89. The molecule has 0 aliphatic heterocycles. The lowest BCUT2D eigenvalue weighted by atomic mass is 10.1. The Morgan fingerprint density at radius 2 is 1.71 bits per heavy atom. The van der Waals surface area contributed by atoms with Gasteiger partial charge in [0, 0.05) is 11.5 Å². The molecule has 2 aromatic carbocycles. The van der Waals surface area contributed by atoms with E-state index in [0.29, 0.717) is 0 Å². The molecule has 0 bridgehead atoms. The fraction of sp³-hybridized carbons (Fsp3) is 0.167. The van der Waals surface area contributed by atoms with Crippen molar-refractivity contribution < 1.29 is 9.47 Å². The summed E-state index contributed by atoms with van der Waals surface area (Å²) in [5.74, 6) is 1.67. The van der Waals surface area contributed by atoms with Crippen LogP contribution in [0.2, 0.25) is 0 Å². The lowest BCUT2D eigenvalue weighted by molar-refractivity contribution is 0.398. The van der Waals surface area contributed by atoms with Gasteiger partial charge in [0.15, 0.2) is 0 Å². The Bertz CT molecular complexity index is 449. The Labute approximate surface area is 83.1 Å². The summed E-state index contributed by atoms with van der Waals surface area (Å²) < 4.78 is 10.5. The molecular weight excluding hydrogens is 176 g/mol. The van der Waals surface area contributed by atoms with E-state index < -0.39 is 0 Å². The summed E-state index contributed by atoms with van der Waals surface area (Å²) in [6.45, 7) is 0. The van der Waals surface area contributed by atoms with Crippen LogP contribution in [0.25, 0.3) is 10.8 Å². The summed E-state index contributed by atoms with van der Waals surface area (Å²) in [6, 6.07) is 12.0. The zero-order valence-electron chi connectivity index (χ0n) is 8.28. The van der Waals surface area contributed by atoms with Crippen LogP contribution >= 0.6 is 0 Å². The van der Waals surface area contributed by atoms with Gasteiger partial charge in [0.2, 0.25) is 0 Å². The highest BCUT2D eigenvalue weighted by Gasteiger charge is 2.03. The number of hydrogen-bond acceptors (Lipinski definition) is 2. The maximum atomic E-state index is 5.29. The zero-order valence-corrected chi connectivity index (χ0v) is 8.28. The molecule has 14 heavy (non-hydrogen) atoms. The average molecular weight is 188 g/mol. The molecule has 0 spiro atoms. The maximum Gasteiger partial charge on any atom is 0.130 e. The minimum atomic E-state index is 0.820. The standard InChI is InChI=1S/C12H12O2/c1-13-10-7-9-5-3-4-6-11(9)12(8-10)14-2/h3-8H,1-2H3. The predicted octanol–water partition coefficient (Wildman–Crippen LogP) is 2.86. The third-order valence-corrected chi connectivity index (χ3v) is 2.25. The van der Waals surface area contributed by atoms with E-state index in [1.165, 1.54) is 0 Å². The van der Waals surface area contributed by atoms with Gasteiger partial charge < -0.3 is 9.47 Å². The summed E-state index contributed by atoms with van der Waals surface area (Å²) in [5, 5.41) is 2.24. The topological polar surface area (TPSA) is 18.5 Å². The van der Waals surface area contributed by atoms with Crippen molar-refractivity contribution in [3.8, 4) is 11.5 Å². The fourth-order valence-corrected chi connectivity index (χ4v) is 1.54. The van der Waals surface area contributed by atoms with E-state index in [9.17, 15) is 0 Å². The van der Waals surface area contributed by atoms with Gasteiger partial charge in [-0.15, -0.1) is 0 Å². The van der Waals surface area contributed by atoms with Gasteiger partial charge in [0.1, 0.15) is 11.5 Å². The molecule has 0 aromatic heterocycles. The van der Waals surface area contributed by atoms with Gasteiger partial charge in [-0.3, -0.25) is 0 Å². The first-order chi connectivity index (χ1) is 6.85. The maximum absolute atomic E-state index is 5.29. The molecule has 0 aliphatic rings. The highest BCUT2D eigenvalue weighted by Crippen LogP contribution is 2.30. The molecule has 0 aliphatic carbocycles. The van der Waals surface area contributed by atoms with E-state index >= 15 is 0 Å². The second-order valence-electron chi connectivity index (χ2n) is 3.05. The van der Waals surface area contributed by atoms with Crippen LogP contribution in [-0.4, -0.2) is 14.2 Å². The lowest BCUT2D eigenvalue weighted by Crippen LogP contribution is -1.88. The van der Waals surface area contributed by atoms with E-state index in [2.05, 4.69) is 0 Å². The van der Waals surface area contributed by atoms with Crippen LogP contribution in [0.1, 0.15) is 0 Å². The van der Waals surface area contributed by atoms with Crippen LogP contribution in [0, 0.1) is 0 Å². The zero-order chi connectivity index (χ0) is 9.97. The molecule has 2 aromatic rings. The molecule has 0 unspecified atom stereocenters. The average Bonchev–Trinajstić information content (AvgIpc) is 2.27. The van der Waals surface area contributed by atoms with Gasteiger partial charge >= 0.3 is 0 Å². The largest absolute Gasteiger partial charge is 0.497 e. The third kappa shape index (κ3) is 1.39. The smallest absolute Gasteiger partial charge is 0.130 e. The van der Waals surface area contributed by atoms with Crippen molar-refractivity contribution in [2.75, 3.05) is 14.2 Å². The van der Waals surface area contributed by atoms with Crippen LogP contribution in [0.15, 0.2) is 36.4 Å². The summed E-state index contributed by atoms with van der Waals surface area (Å²) in [4.78, 5) is 0. The van der Waals surface area contributed by atoms with Crippen LogP contribution in [0.5, 0.6) is 11.5 Å². The minimum absolute atomic E-state index is 0.820.